The van der Waals surface area contributed by atoms with Crippen molar-refractivity contribution >= 4 is 21.7 Å². The van der Waals surface area contributed by atoms with Gasteiger partial charge in [0.1, 0.15) is 17.3 Å². The van der Waals surface area contributed by atoms with Gasteiger partial charge in [-0.3, -0.25) is 4.79 Å². The van der Waals surface area contributed by atoms with E-state index >= 15 is 0 Å². The van der Waals surface area contributed by atoms with Crippen molar-refractivity contribution in [2.75, 3.05) is 0 Å². The third-order valence-electron chi connectivity index (χ3n) is 2.45. The molecule has 0 aliphatic rings. The van der Waals surface area contributed by atoms with E-state index in [1.54, 1.807) is 6.92 Å². The number of Topliss-reactive ketones (excluding diaryl/α,β-unsaturated/α-hetero) is 1. The second kappa shape index (κ2) is 4.56. The van der Waals surface area contributed by atoms with Crippen LogP contribution in [0.1, 0.15) is 23.1 Å². The van der Waals surface area contributed by atoms with Crippen LogP contribution in [0.3, 0.4) is 0 Å². The second-order valence-corrected chi connectivity index (χ2v) is 4.56. The lowest BCUT2D eigenvalue weighted by molar-refractivity contribution is 0.101. The third-order valence-corrected chi connectivity index (χ3v) is 3.05. The van der Waals surface area contributed by atoms with Crippen LogP contribution in [0.5, 0.6) is 0 Å². The van der Waals surface area contributed by atoms with Gasteiger partial charge in [0.05, 0.1) is 10.2 Å². The molecule has 7 heteroatoms. The molecule has 18 heavy (non-hydrogen) atoms. The maximum absolute atomic E-state index is 13.7. The zero-order valence-corrected chi connectivity index (χ0v) is 11.1. The monoisotopic (exact) mass is 315 g/mol. The lowest BCUT2D eigenvalue weighted by Crippen LogP contribution is -2.04. The van der Waals surface area contributed by atoms with E-state index in [9.17, 15) is 13.6 Å². The second-order valence-electron chi connectivity index (χ2n) is 3.71. The van der Waals surface area contributed by atoms with Crippen LogP contribution in [0.15, 0.2) is 16.6 Å². The molecule has 2 rings (SSSR count). The van der Waals surface area contributed by atoms with Crippen molar-refractivity contribution in [2.24, 2.45) is 0 Å². The first-order valence-corrected chi connectivity index (χ1v) is 5.79. The summed E-state index contributed by atoms with van der Waals surface area (Å²) in [5.74, 6) is -1.56. The number of nitrogens with zero attached hydrogens (tertiary/aromatic N) is 3. The van der Waals surface area contributed by atoms with Crippen LogP contribution in [-0.4, -0.2) is 20.8 Å². The fraction of sp³-hybridized carbons (Fsp3) is 0.182. The average Bonchev–Trinajstić information content (AvgIpc) is 2.66. The quantitative estimate of drug-likeness (QED) is 0.632. The number of ketones is 1. The smallest absolute Gasteiger partial charge is 0.181 e. The van der Waals surface area contributed by atoms with E-state index < -0.39 is 11.6 Å². The Bertz CT molecular complexity index is 639. The molecule has 0 aliphatic carbocycles. The molecular formula is C11H8BrF2N3O. The summed E-state index contributed by atoms with van der Waals surface area (Å²) in [5, 5.41) is 7.31. The van der Waals surface area contributed by atoms with Gasteiger partial charge >= 0.3 is 0 Å². The predicted molar refractivity (Wildman–Crippen MR) is 63.7 cm³/mol. The van der Waals surface area contributed by atoms with Crippen molar-refractivity contribution in [2.45, 2.75) is 13.8 Å². The van der Waals surface area contributed by atoms with Crippen LogP contribution in [-0.2, 0) is 0 Å². The van der Waals surface area contributed by atoms with Crippen molar-refractivity contribution in [1.82, 2.24) is 15.0 Å². The van der Waals surface area contributed by atoms with Gasteiger partial charge in [-0.05, 0) is 28.9 Å². The Morgan fingerprint density at radius 1 is 1.33 bits per heavy atom. The Morgan fingerprint density at radius 3 is 2.56 bits per heavy atom. The molecule has 1 aromatic carbocycles. The maximum Gasteiger partial charge on any atom is 0.181 e. The van der Waals surface area contributed by atoms with Gasteiger partial charge in [0.25, 0.3) is 0 Å². The molecule has 0 saturated heterocycles. The number of carbonyl (C=O) groups excluding carboxylic acids is 1. The minimum Gasteiger partial charge on any atom is -0.293 e. The summed E-state index contributed by atoms with van der Waals surface area (Å²) in [6, 6.07) is 1.99. The van der Waals surface area contributed by atoms with Gasteiger partial charge in [0, 0.05) is 13.0 Å². The van der Waals surface area contributed by atoms with Crippen LogP contribution in [0.4, 0.5) is 8.78 Å². The molecule has 94 valence electrons. The largest absolute Gasteiger partial charge is 0.293 e. The number of halogens is 3. The van der Waals surface area contributed by atoms with Gasteiger partial charge in [-0.2, -0.15) is 0 Å². The highest BCUT2D eigenvalue weighted by Crippen LogP contribution is 2.23. The molecule has 2 aromatic rings. The SMILES string of the molecule is CC(=O)c1nnn(-c2cc(F)c(Br)cc2F)c1C. The molecule has 1 heterocycles. The van der Waals surface area contributed by atoms with E-state index in [4.69, 9.17) is 0 Å². The Balaban J connectivity index is 2.63. The normalized spacial score (nSPS) is 10.7. The molecule has 0 unspecified atom stereocenters. The molecular weight excluding hydrogens is 308 g/mol. The van der Waals surface area contributed by atoms with E-state index in [0.717, 1.165) is 16.8 Å². The molecule has 0 amide bonds. The highest BCUT2D eigenvalue weighted by atomic mass is 79.9. The Labute approximate surface area is 110 Å². The highest BCUT2D eigenvalue weighted by Gasteiger charge is 2.17. The van der Waals surface area contributed by atoms with E-state index in [0.29, 0.717) is 5.69 Å². The van der Waals surface area contributed by atoms with E-state index in [1.807, 2.05) is 0 Å². The van der Waals surface area contributed by atoms with Crippen LogP contribution >= 0.6 is 15.9 Å². The molecule has 1 aromatic heterocycles. The van der Waals surface area contributed by atoms with E-state index in [-0.39, 0.29) is 21.6 Å². The van der Waals surface area contributed by atoms with Gasteiger partial charge in [0.2, 0.25) is 0 Å². The summed E-state index contributed by atoms with van der Waals surface area (Å²) >= 11 is 2.89. The predicted octanol–water partition coefficient (Wildman–Crippen LogP) is 2.82. The number of hydrogen-bond donors (Lipinski definition) is 0. The van der Waals surface area contributed by atoms with Gasteiger partial charge in [-0.25, -0.2) is 13.5 Å². The first-order valence-electron chi connectivity index (χ1n) is 5.00. The Morgan fingerprint density at radius 2 is 2.00 bits per heavy atom. The summed E-state index contributed by atoms with van der Waals surface area (Å²) in [6.07, 6.45) is 0. The van der Waals surface area contributed by atoms with Gasteiger partial charge in [-0.15, -0.1) is 5.10 Å². The van der Waals surface area contributed by atoms with Crippen molar-refractivity contribution < 1.29 is 13.6 Å². The van der Waals surface area contributed by atoms with Gasteiger partial charge < -0.3 is 0 Å². The Kier molecular flexibility index (Phi) is 3.25. The van der Waals surface area contributed by atoms with E-state index in [2.05, 4.69) is 26.2 Å². The van der Waals surface area contributed by atoms with E-state index in [1.165, 1.54) is 6.92 Å². The van der Waals surface area contributed by atoms with Crippen LogP contribution < -0.4 is 0 Å². The first-order chi connectivity index (χ1) is 8.41. The number of hydrogen-bond acceptors (Lipinski definition) is 3. The molecule has 0 atom stereocenters. The minimum atomic E-state index is -0.661. The zero-order chi connectivity index (χ0) is 13.4. The molecule has 0 radical (unpaired) electrons. The van der Waals surface area contributed by atoms with Gasteiger partial charge in [-0.1, -0.05) is 5.21 Å². The highest BCUT2D eigenvalue weighted by molar-refractivity contribution is 9.10. The number of aromatic nitrogens is 3. The molecule has 0 N–H and O–H groups in total. The maximum atomic E-state index is 13.7. The summed E-state index contributed by atoms with van der Waals surface area (Å²) in [4.78, 5) is 11.2. The van der Waals surface area contributed by atoms with Crippen molar-refractivity contribution in [3.63, 3.8) is 0 Å². The number of carbonyl (C=O) groups is 1. The summed E-state index contributed by atoms with van der Waals surface area (Å²) in [5.41, 5.74) is 0.411. The number of benzene rings is 1. The summed E-state index contributed by atoms with van der Waals surface area (Å²) < 4.78 is 28.3. The lowest BCUT2D eigenvalue weighted by atomic mass is 10.2. The molecule has 0 bridgehead atoms. The topological polar surface area (TPSA) is 47.8 Å². The lowest BCUT2D eigenvalue weighted by Gasteiger charge is -2.06. The van der Waals surface area contributed by atoms with Crippen LogP contribution in [0.2, 0.25) is 0 Å². The molecule has 0 saturated carbocycles. The molecule has 0 aliphatic heterocycles. The molecule has 0 fully saturated rings. The van der Waals surface area contributed by atoms with Gasteiger partial charge in [0.15, 0.2) is 11.5 Å². The van der Waals surface area contributed by atoms with Crippen LogP contribution in [0, 0.1) is 18.6 Å². The fourth-order valence-electron chi connectivity index (χ4n) is 1.56. The average molecular weight is 316 g/mol. The van der Waals surface area contributed by atoms with Crippen molar-refractivity contribution in [3.8, 4) is 5.69 Å². The number of rotatable bonds is 2. The standard InChI is InChI=1S/C11H8BrF2N3O/c1-5-11(6(2)18)15-16-17(5)10-4-8(13)7(12)3-9(10)14/h3-4H,1-2H3. The van der Waals surface area contributed by atoms with Crippen molar-refractivity contribution in [3.05, 3.63) is 39.6 Å². The molecule has 0 spiro atoms. The Hall–Kier alpha value is -1.63. The minimum absolute atomic E-state index is 0.0216. The van der Waals surface area contributed by atoms with Crippen LogP contribution in [0.25, 0.3) is 5.69 Å². The summed E-state index contributed by atoms with van der Waals surface area (Å²) in [7, 11) is 0. The molecule has 4 nitrogen and oxygen atoms in total. The zero-order valence-electron chi connectivity index (χ0n) is 9.54. The summed E-state index contributed by atoms with van der Waals surface area (Å²) in [6.45, 7) is 2.90. The van der Waals surface area contributed by atoms with Crippen molar-refractivity contribution in [1.29, 1.82) is 0 Å². The third kappa shape index (κ3) is 2.05. The fourth-order valence-corrected chi connectivity index (χ4v) is 1.87. The first kappa shape index (κ1) is 12.8.